The van der Waals surface area contributed by atoms with Crippen molar-refractivity contribution < 1.29 is 9.90 Å². The highest BCUT2D eigenvalue weighted by Crippen LogP contribution is 2.02. The monoisotopic (exact) mass is 284 g/mol. The topological polar surface area (TPSA) is 80.0 Å². The second kappa shape index (κ2) is 7.22. The van der Waals surface area contributed by atoms with Gasteiger partial charge in [0.1, 0.15) is 6.61 Å². The lowest BCUT2D eigenvalue weighted by molar-refractivity contribution is 0.0953. The minimum Gasteiger partial charge on any atom is -0.384 e. The maximum Gasteiger partial charge on any atom is 0.252 e. The van der Waals surface area contributed by atoms with E-state index in [4.69, 9.17) is 5.11 Å². The van der Waals surface area contributed by atoms with Gasteiger partial charge in [-0.15, -0.1) is 0 Å². The summed E-state index contributed by atoms with van der Waals surface area (Å²) in [6.45, 7) is 0.304. The van der Waals surface area contributed by atoms with Crippen LogP contribution in [0.3, 0.4) is 0 Å². The van der Waals surface area contributed by atoms with E-state index in [1.165, 1.54) is 6.20 Å². The van der Waals surface area contributed by atoms with Gasteiger partial charge in [-0.05, 0) is 18.1 Å². The van der Waals surface area contributed by atoms with Gasteiger partial charge in [0.25, 0.3) is 5.91 Å². The average Bonchev–Trinajstić information content (AvgIpc) is 2.91. The number of nitrogens with zero attached hydrogens (tertiary/aromatic N) is 3. The van der Waals surface area contributed by atoms with Crippen LogP contribution in [0.4, 0.5) is 0 Å². The fourth-order valence-corrected chi connectivity index (χ4v) is 1.80. The number of carbonyl (C=O) groups excluding carboxylic acids is 1. The lowest BCUT2D eigenvalue weighted by Gasteiger charge is -2.04. The molecule has 0 aliphatic carbocycles. The van der Waals surface area contributed by atoms with Gasteiger partial charge >= 0.3 is 0 Å². The van der Waals surface area contributed by atoms with Crippen LogP contribution in [0.1, 0.15) is 21.5 Å². The molecule has 21 heavy (non-hydrogen) atoms. The highest BCUT2D eigenvalue weighted by Gasteiger charge is 2.06. The maximum atomic E-state index is 12.0. The number of pyridine rings is 1. The lowest BCUT2D eigenvalue weighted by Crippen LogP contribution is -2.25. The summed E-state index contributed by atoms with van der Waals surface area (Å²) in [5.74, 6) is 5.05. The standard InChI is InChI=1S/C15H16N4O2/c1-19-11-13(9-18-19)4-5-17-15(21)14-7-12(3-2-6-20)8-16-10-14/h7-11,20H,4-6H2,1H3,(H,17,21). The number of amides is 1. The fraction of sp³-hybridized carbons (Fsp3) is 0.267. The molecule has 6 heteroatoms. The number of carbonyl (C=O) groups is 1. The molecule has 2 N–H and O–H groups in total. The van der Waals surface area contributed by atoms with Gasteiger partial charge in [0.15, 0.2) is 0 Å². The Morgan fingerprint density at radius 2 is 2.29 bits per heavy atom. The number of aryl methyl sites for hydroxylation is 1. The number of hydrogen-bond donors (Lipinski definition) is 2. The van der Waals surface area contributed by atoms with Crippen molar-refractivity contribution in [2.45, 2.75) is 6.42 Å². The Morgan fingerprint density at radius 1 is 1.43 bits per heavy atom. The summed E-state index contributed by atoms with van der Waals surface area (Å²) in [5.41, 5.74) is 2.12. The summed E-state index contributed by atoms with van der Waals surface area (Å²) in [5, 5.41) is 15.5. The predicted octanol–water partition coefficient (Wildman–Crippen LogP) is 0.131. The predicted molar refractivity (Wildman–Crippen MR) is 77.4 cm³/mol. The van der Waals surface area contributed by atoms with Gasteiger partial charge in [0, 0.05) is 37.7 Å². The SMILES string of the molecule is Cn1cc(CCNC(=O)c2cncc(C#CCO)c2)cn1. The van der Waals surface area contributed by atoms with Gasteiger partial charge in [-0.2, -0.15) is 5.10 Å². The van der Waals surface area contributed by atoms with E-state index in [1.54, 1.807) is 23.1 Å². The zero-order chi connectivity index (χ0) is 15.1. The summed E-state index contributed by atoms with van der Waals surface area (Å²) in [6, 6.07) is 1.65. The molecule has 0 bridgehead atoms. The summed E-state index contributed by atoms with van der Waals surface area (Å²) in [7, 11) is 1.85. The van der Waals surface area contributed by atoms with Crippen LogP contribution < -0.4 is 5.32 Å². The van der Waals surface area contributed by atoms with Crippen molar-refractivity contribution >= 4 is 5.91 Å². The number of aliphatic hydroxyl groups excluding tert-OH is 1. The van der Waals surface area contributed by atoms with E-state index in [0.717, 1.165) is 12.0 Å². The summed E-state index contributed by atoms with van der Waals surface area (Å²) in [6.07, 6.45) is 7.45. The van der Waals surface area contributed by atoms with E-state index in [0.29, 0.717) is 17.7 Å². The molecule has 0 aromatic carbocycles. The Labute approximate surface area is 122 Å². The zero-order valence-corrected chi connectivity index (χ0v) is 11.7. The first kappa shape index (κ1) is 14.8. The molecule has 0 saturated heterocycles. The Kier molecular flexibility index (Phi) is 5.07. The number of rotatable bonds is 4. The Bertz CT molecular complexity index is 682. The molecule has 6 nitrogen and oxygen atoms in total. The largest absolute Gasteiger partial charge is 0.384 e. The molecule has 0 aliphatic heterocycles. The van der Waals surface area contributed by atoms with Crippen LogP contribution in [0.15, 0.2) is 30.9 Å². The number of aliphatic hydroxyl groups is 1. The molecule has 0 radical (unpaired) electrons. The van der Waals surface area contributed by atoms with Gasteiger partial charge < -0.3 is 10.4 Å². The highest BCUT2D eigenvalue weighted by molar-refractivity contribution is 5.94. The van der Waals surface area contributed by atoms with E-state index >= 15 is 0 Å². The van der Waals surface area contributed by atoms with E-state index in [1.807, 2.05) is 13.2 Å². The molecule has 0 unspecified atom stereocenters. The maximum absolute atomic E-state index is 12.0. The molecular formula is C15H16N4O2. The number of nitrogens with one attached hydrogen (secondary N) is 1. The minimum atomic E-state index is -0.221. The molecule has 1 amide bonds. The molecule has 2 aromatic heterocycles. The molecule has 0 spiro atoms. The van der Waals surface area contributed by atoms with Gasteiger partial charge in [-0.25, -0.2) is 0 Å². The van der Waals surface area contributed by atoms with E-state index in [2.05, 4.69) is 27.2 Å². The van der Waals surface area contributed by atoms with Crippen LogP contribution in [0.25, 0.3) is 0 Å². The number of aromatic nitrogens is 3. The molecule has 0 aliphatic rings. The summed E-state index contributed by atoms with van der Waals surface area (Å²) < 4.78 is 1.73. The highest BCUT2D eigenvalue weighted by atomic mass is 16.2. The first-order chi connectivity index (χ1) is 10.2. The van der Waals surface area contributed by atoms with E-state index < -0.39 is 0 Å². The van der Waals surface area contributed by atoms with Gasteiger partial charge in [-0.1, -0.05) is 11.8 Å². The van der Waals surface area contributed by atoms with Crippen molar-refractivity contribution in [2.24, 2.45) is 7.05 Å². The van der Waals surface area contributed by atoms with E-state index in [-0.39, 0.29) is 12.5 Å². The first-order valence-corrected chi connectivity index (χ1v) is 6.49. The molecule has 108 valence electrons. The molecule has 2 heterocycles. The molecular weight excluding hydrogens is 268 g/mol. The third-order valence-corrected chi connectivity index (χ3v) is 2.77. The second-order valence-electron chi connectivity index (χ2n) is 4.45. The van der Waals surface area contributed by atoms with Crippen molar-refractivity contribution in [3.8, 4) is 11.8 Å². The third kappa shape index (κ3) is 4.44. The smallest absolute Gasteiger partial charge is 0.252 e. The van der Waals surface area contributed by atoms with Crippen LogP contribution in [0, 0.1) is 11.8 Å². The molecule has 0 saturated carbocycles. The molecule has 0 fully saturated rings. The van der Waals surface area contributed by atoms with Crippen LogP contribution >= 0.6 is 0 Å². The van der Waals surface area contributed by atoms with Crippen LogP contribution in [0.5, 0.6) is 0 Å². The van der Waals surface area contributed by atoms with Crippen LogP contribution in [-0.4, -0.2) is 38.9 Å². The van der Waals surface area contributed by atoms with Crippen LogP contribution in [-0.2, 0) is 13.5 Å². The third-order valence-electron chi connectivity index (χ3n) is 2.77. The van der Waals surface area contributed by atoms with Crippen molar-refractivity contribution in [3.63, 3.8) is 0 Å². The van der Waals surface area contributed by atoms with Gasteiger partial charge in [0.05, 0.1) is 11.8 Å². The lowest BCUT2D eigenvalue weighted by atomic mass is 10.2. The van der Waals surface area contributed by atoms with Gasteiger partial charge in [-0.3, -0.25) is 14.5 Å². The second-order valence-corrected chi connectivity index (χ2v) is 4.45. The van der Waals surface area contributed by atoms with Gasteiger partial charge in [0.2, 0.25) is 0 Å². The summed E-state index contributed by atoms with van der Waals surface area (Å²) >= 11 is 0. The average molecular weight is 284 g/mol. The van der Waals surface area contributed by atoms with Crippen molar-refractivity contribution in [1.82, 2.24) is 20.1 Å². The molecule has 2 aromatic rings. The zero-order valence-electron chi connectivity index (χ0n) is 11.7. The molecule has 0 atom stereocenters. The number of hydrogen-bond acceptors (Lipinski definition) is 4. The minimum absolute atomic E-state index is 0.195. The molecule has 2 rings (SSSR count). The fourth-order valence-electron chi connectivity index (χ4n) is 1.80. The Hall–Kier alpha value is -2.65. The first-order valence-electron chi connectivity index (χ1n) is 6.49. The van der Waals surface area contributed by atoms with Crippen LogP contribution in [0.2, 0.25) is 0 Å². The summed E-state index contributed by atoms with van der Waals surface area (Å²) in [4.78, 5) is 16.0. The quantitative estimate of drug-likeness (QED) is 0.782. The Morgan fingerprint density at radius 3 is 3.00 bits per heavy atom. The van der Waals surface area contributed by atoms with Crippen molar-refractivity contribution in [3.05, 3.63) is 47.5 Å². The normalized spacial score (nSPS) is 9.81. The van der Waals surface area contributed by atoms with Crippen molar-refractivity contribution in [2.75, 3.05) is 13.2 Å². The van der Waals surface area contributed by atoms with E-state index in [9.17, 15) is 4.79 Å². The van der Waals surface area contributed by atoms with Crippen molar-refractivity contribution in [1.29, 1.82) is 0 Å². The Balaban J connectivity index is 1.91.